The topological polar surface area (TPSA) is 77.2 Å². The first-order valence-corrected chi connectivity index (χ1v) is 6.89. The summed E-state index contributed by atoms with van der Waals surface area (Å²) < 4.78 is 10.6. The highest BCUT2D eigenvalue weighted by molar-refractivity contribution is 6.35. The molecule has 6 nitrogen and oxygen atoms in total. The van der Waals surface area contributed by atoms with Crippen molar-refractivity contribution in [3.8, 4) is 5.88 Å². The zero-order chi connectivity index (χ0) is 15.4. The molecule has 0 unspecified atom stereocenters. The number of hydrogen-bond donors (Lipinski definition) is 1. The number of nitrogens with one attached hydrogen (secondary N) is 1. The second kappa shape index (κ2) is 6.78. The standard InChI is InChI=1S/C13H13Cl2N3O3/c1-7-11(21-8(2)18-7)12(19)16-3-4-20-13-10(15)5-9(14)6-17-13/h5-6H,3-4H2,1-2H3,(H,16,19). The number of hydrogen-bond acceptors (Lipinski definition) is 5. The molecule has 1 N–H and O–H groups in total. The van der Waals surface area contributed by atoms with Crippen LogP contribution in [-0.4, -0.2) is 29.0 Å². The molecule has 0 bridgehead atoms. The first kappa shape index (κ1) is 15.6. The molecule has 0 aliphatic heterocycles. The van der Waals surface area contributed by atoms with E-state index in [1.165, 1.54) is 12.3 Å². The first-order chi connectivity index (χ1) is 9.97. The normalized spacial score (nSPS) is 10.5. The van der Waals surface area contributed by atoms with Gasteiger partial charge in [0, 0.05) is 13.1 Å². The lowest BCUT2D eigenvalue weighted by Crippen LogP contribution is -2.28. The Balaban J connectivity index is 1.82. The summed E-state index contributed by atoms with van der Waals surface area (Å²) >= 11 is 11.6. The predicted molar refractivity (Wildman–Crippen MR) is 78.1 cm³/mol. The third-order valence-corrected chi connectivity index (χ3v) is 2.99. The highest BCUT2D eigenvalue weighted by Gasteiger charge is 2.15. The van der Waals surface area contributed by atoms with Gasteiger partial charge in [-0.05, 0) is 13.0 Å². The monoisotopic (exact) mass is 329 g/mol. The fraction of sp³-hybridized carbons (Fsp3) is 0.308. The van der Waals surface area contributed by atoms with E-state index < -0.39 is 0 Å². The molecule has 0 radical (unpaired) electrons. The molecular weight excluding hydrogens is 317 g/mol. The molecule has 0 atom stereocenters. The minimum absolute atomic E-state index is 0.204. The van der Waals surface area contributed by atoms with Crippen molar-refractivity contribution in [2.45, 2.75) is 13.8 Å². The van der Waals surface area contributed by atoms with E-state index in [0.717, 1.165) is 0 Å². The maximum Gasteiger partial charge on any atom is 0.289 e. The molecule has 112 valence electrons. The number of carbonyl (C=O) groups excluding carboxylic acids is 1. The highest BCUT2D eigenvalue weighted by Crippen LogP contribution is 2.24. The molecule has 1 amide bonds. The van der Waals surface area contributed by atoms with Gasteiger partial charge in [-0.25, -0.2) is 9.97 Å². The van der Waals surface area contributed by atoms with E-state index in [4.69, 9.17) is 32.4 Å². The Labute approximate surface area is 131 Å². The van der Waals surface area contributed by atoms with Crippen LogP contribution >= 0.6 is 23.2 Å². The van der Waals surface area contributed by atoms with Crippen LogP contribution in [0.15, 0.2) is 16.7 Å². The Bertz CT molecular complexity index is 658. The molecule has 2 heterocycles. The molecular formula is C13H13Cl2N3O3. The van der Waals surface area contributed by atoms with Crippen molar-refractivity contribution in [1.82, 2.24) is 15.3 Å². The molecule has 2 aromatic heterocycles. The van der Waals surface area contributed by atoms with Crippen LogP contribution in [-0.2, 0) is 0 Å². The van der Waals surface area contributed by atoms with Crippen LogP contribution in [0.1, 0.15) is 22.1 Å². The second-order valence-corrected chi connectivity index (χ2v) is 5.04. The maximum atomic E-state index is 11.8. The molecule has 21 heavy (non-hydrogen) atoms. The quantitative estimate of drug-likeness (QED) is 0.853. The van der Waals surface area contributed by atoms with Crippen LogP contribution < -0.4 is 10.1 Å². The summed E-state index contributed by atoms with van der Waals surface area (Å²) in [7, 11) is 0. The summed E-state index contributed by atoms with van der Waals surface area (Å²) in [6.45, 7) is 3.88. The van der Waals surface area contributed by atoms with E-state index in [0.29, 0.717) is 21.6 Å². The van der Waals surface area contributed by atoms with Gasteiger partial charge in [0.1, 0.15) is 11.6 Å². The number of amides is 1. The lowest BCUT2D eigenvalue weighted by Gasteiger charge is -2.07. The van der Waals surface area contributed by atoms with Crippen molar-refractivity contribution in [3.05, 3.63) is 39.7 Å². The third-order valence-electron chi connectivity index (χ3n) is 2.51. The predicted octanol–water partition coefficient (Wildman–Crippen LogP) is 2.80. The molecule has 0 aromatic carbocycles. The highest BCUT2D eigenvalue weighted by atomic mass is 35.5. The Kier molecular flexibility index (Phi) is 5.03. The van der Waals surface area contributed by atoms with Gasteiger partial charge in [-0.1, -0.05) is 23.2 Å². The number of halogens is 2. The van der Waals surface area contributed by atoms with Crippen molar-refractivity contribution in [1.29, 1.82) is 0 Å². The van der Waals surface area contributed by atoms with Crippen LogP contribution in [0.4, 0.5) is 0 Å². The summed E-state index contributed by atoms with van der Waals surface area (Å²) in [4.78, 5) is 19.8. The van der Waals surface area contributed by atoms with Crippen molar-refractivity contribution in [2.24, 2.45) is 0 Å². The Hall–Kier alpha value is -1.79. The van der Waals surface area contributed by atoms with E-state index in [1.54, 1.807) is 13.8 Å². The van der Waals surface area contributed by atoms with E-state index in [-0.39, 0.29) is 30.7 Å². The summed E-state index contributed by atoms with van der Waals surface area (Å²) in [5, 5.41) is 3.40. The van der Waals surface area contributed by atoms with Gasteiger partial charge < -0.3 is 14.5 Å². The number of aryl methyl sites for hydroxylation is 2. The molecule has 2 aromatic rings. The molecule has 0 saturated carbocycles. The average Bonchev–Trinajstić information content (AvgIpc) is 2.75. The first-order valence-electron chi connectivity index (χ1n) is 6.13. The molecule has 2 rings (SSSR count). The van der Waals surface area contributed by atoms with Gasteiger partial charge >= 0.3 is 0 Å². The number of rotatable bonds is 5. The zero-order valence-electron chi connectivity index (χ0n) is 11.4. The minimum atomic E-state index is -0.341. The number of pyridine rings is 1. The molecule has 0 saturated heterocycles. The number of oxazole rings is 1. The van der Waals surface area contributed by atoms with Crippen LogP contribution in [0, 0.1) is 13.8 Å². The number of aromatic nitrogens is 2. The SMILES string of the molecule is Cc1nc(C)c(C(=O)NCCOc2ncc(Cl)cc2Cl)o1. The largest absolute Gasteiger partial charge is 0.475 e. The molecule has 0 aliphatic carbocycles. The van der Waals surface area contributed by atoms with Crippen molar-refractivity contribution in [3.63, 3.8) is 0 Å². The fourth-order valence-electron chi connectivity index (χ4n) is 1.64. The van der Waals surface area contributed by atoms with Gasteiger partial charge in [0.25, 0.3) is 5.91 Å². The van der Waals surface area contributed by atoms with Gasteiger partial charge in [-0.2, -0.15) is 0 Å². The molecule has 8 heteroatoms. The van der Waals surface area contributed by atoms with Gasteiger partial charge in [0.15, 0.2) is 5.89 Å². The molecule has 0 fully saturated rings. The summed E-state index contributed by atoms with van der Waals surface area (Å²) in [5.41, 5.74) is 0.549. The Morgan fingerprint density at radius 2 is 2.19 bits per heavy atom. The summed E-state index contributed by atoms with van der Waals surface area (Å²) in [6, 6.07) is 1.53. The van der Waals surface area contributed by atoms with Gasteiger partial charge in [-0.15, -0.1) is 0 Å². The van der Waals surface area contributed by atoms with Crippen LogP contribution in [0.2, 0.25) is 10.0 Å². The van der Waals surface area contributed by atoms with Crippen molar-refractivity contribution < 1.29 is 13.9 Å². The Morgan fingerprint density at radius 1 is 1.43 bits per heavy atom. The lowest BCUT2D eigenvalue weighted by atomic mass is 10.3. The minimum Gasteiger partial charge on any atom is -0.475 e. The third kappa shape index (κ3) is 4.09. The lowest BCUT2D eigenvalue weighted by molar-refractivity contribution is 0.0916. The second-order valence-electron chi connectivity index (χ2n) is 4.19. The number of ether oxygens (including phenoxy) is 1. The van der Waals surface area contributed by atoms with Crippen molar-refractivity contribution >= 4 is 29.1 Å². The van der Waals surface area contributed by atoms with Crippen molar-refractivity contribution in [2.75, 3.05) is 13.2 Å². The van der Waals surface area contributed by atoms with E-state index in [9.17, 15) is 4.79 Å². The summed E-state index contributed by atoms with van der Waals surface area (Å²) in [6.07, 6.45) is 1.43. The molecule has 0 aliphatic rings. The Morgan fingerprint density at radius 3 is 2.81 bits per heavy atom. The van der Waals surface area contributed by atoms with E-state index in [2.05, 4.69) is 15.3 Å². The summed E-state index contributed by atoms with van der Waals surface area (Å²) in [5.74, 6) is 0.579. The zero-order valence-corrected chi connectivity index (χ0v) is 13.0. The molecule has 0 spiro atoms. The number of nitrogens with zero attached hydrogens (tertiary/aromatic N) is 2. The van der Waals surface area contributed by atoms with Gasteiger partial charge in [0.05, 0.1) is 17.3 Å². The fourth-order valence-corrected chi connectivity index (χ4v) is 2.08. The smallest absolute Gasteiger partial charge is 0.289 e. The van der Waals surface area contributed by atoms with E-state index >= 15 is 0 Å². The van der Waals surface area contributed by atoms with Gasteiger partial charge in [0.2, 0.25) is 11.6 Å². The van der Waals surface area contributed by atoms with Crippen LogP contribution in [0.5, 0.6) is 5.88 Å². The van der Waals surface area contributed by atoms with Crippen LogP contribution in [0.25, 0.3) is 0 Å². The maximum absolute atomic E-state index is 11.8. The average molecular weight is 330 g/mol. The number of carbonyl (C=O) groups is 1. The van der Waals surface area contributed by atoms with Gasteiger partial charge in [-0.3, -0.25) is 4.79 Å². The van der Waals surface area contributed by atoms with Crippen LogP contribution in [0.3, 0.4) is 0 Å². The van der Waals surface area contributed by atoms with E-state index in [1.807, 2.05) is 0 Å².